The van der Waals surface area contributed by atoms with E-state index in [0.29, 0.717) is 0 Å². The van der Waals surface area contributed by atoms with Gasteiger partial charge in [-0.3, -0.25) is 4.79 Å². The van der Waals surface area contributed by atoms with E-state index in [2.05, 4.69) is 0 Å². The minimum Gasteiger partial charge on any atom is -0.341 e. The van der Waals surface area contributed by atoms with E-state index in [1.54, 1.807) is 11.9 Å². The van der Waals surface area contributed by atoms with E-state index >= 15 is 0 Å². The Morgan fingerprint density at radius 2 is 2.05 bits per heavy atom. The average Bonchev–Trinajstić information content (AvgIpc) is 2.41. The van der Waals surface area contributed by atoms with Crippen LogP contribution in [0.25, 0.3) is 0 Å². The van der Waals surface area contributed by atoms with Gasteiger partial charge in [0.15, 0.2) is 0 Å². The molecule has 1 aromatic rings. The molecule has 1 aliphatic carbocycles. The van der Waals surface area contributed by atoms with Crippen LogP contribution in [0.15, 0.2) is 18.2 Å². The van der Waals surface area contributed by atoms with Gasteiger partial charge >= 0.3 is 0 Å². The molecule has 0 radical (unpaired) electrons. The molecule has 2 atom stereocenters. The van der Waals surface area contributed by atoms with Crippen molar-refractivity contribution in [3.05, 3.63) is 35.4 Å². The van der Waals surface area contributed by atoms with Crippen LogP contribution in [-0.4, -0.2) is 29.3 Å². The van der Waals surface area contributed by atoms with E-state index in [0.717, 1.165) is 37.8 Å². The van der Waals surface area contributed by atoms with Gasteiger partial charge in [-0.25, -0.2) is 8.78 Å². The predicted octanol–water partition coefficient (Wildman–Crippen LogP) is 3.52. The van der Waals surface area contributed by atoms with Crippen molar-refractivity contribution in [3.63, 3.8) is 0 Å². The van der Waals surface area contributed by atoms with E-state index in [4.69, 9.17) is 11.6 Å². The van der Waals surface area contributed by atoms with Crippen molar-refractivity contribution in [2.45, 2.75) is 43.5 Å². The highest BCUT2D eigenvalue weighted by atomic mass is 35.5. The lowest BCUT2D eigenvalue weighted by Crippen LogP contribution is -2.44. The summed E-state index contributed by atoms with van der Waals surface area (Å²) >= 11 is 6.26. The summed E-state index contributed by atoms with van der Waals surface area (Å²) in [5, 5.41) is -0.0456. The van der Waals surface area contributed by atoms with Crippen LogP contribution in [0.3, 0.4) is 0 Å². The second kappa shape index (κ2) is 6.53. The first kappa shape index (κ1) is 15.2. The number of carbonyl (C=O) groups excluding carboxylic acids is 1. The van der Waals surface area contributed by atoms with Gasteiger partial charge in [-0.2, -0.15) is 0 Å². The number of nitrogens with zero attached hydrogens (tertiary/aromatic N) is 1. The third-order valence-electron chi connectivity index (χ3n) is 3.89. The lowest BCUT2D eigenvalue weighted by molar-refractivity contribution is -0.131. The van der Waals surface area contributed by atoms with Gasteiger partial charge in [-0.15, -0.1) is 11.6 Å². The number of benzene rings is 1. The summed E-state index contributed by atoms with van der Waals surface area (Å²) in [5.41, 5.74) is 0.213. The third kappa shape index (κ3) is 3.48. The van der Waals surface area contributed by atoms with E-state index in [1.165, 1.54) is 6.07 Å². The normalized spacial score (nSPS) is 22.6. The minimum atomic E-state index is -0.683. The van der Waals surface area contributed by atoms with Gasteiger partial charge in [-0.1, -0.05) is 18.9 Å². The van der Waals surface area contributed by atoms with Gasteiger partial charge in [0, 0.05) is 19.2 Å². The van der Waals surface area contributed by atoms with Crippen LogP contribution < -0.4 is 0 Å². The highest BCUT2D eigenvalue weighted by molar-refractivity contribution is 6.21. The number of likely N-dealkylation sites (N-methyl/N-ethyl adjacent to an activating group) is 1. The van der Waals surface area contributed by atoms with Crippen LogP contribution in [0, 0.1) is 11.6 Å². The molecule has 0 saturated heterocycles. The topological polar surface area (TPSA) is 20.3 Å². The highest BCUT2D eigenvalue weighted by Gasteiger charge is 2.29. The Bertz CT molecular complexity index is 495. The Morgan fingerprint density at radius 3 is 2.70 bits per heavy atom. The van der Waals surface area contributed by atoms with Crippen LogP contribution in [0.2, 0.25) is 0 Å². The fourth-order valence-electron chi connectivity index (χ4n) is 2.64. The largest absolute Gasteiger partial charge is 0.341 e. The standard InChI is InChI=1S/C15H18ClF2NO/c1-19(14-5-3-2-4-12(14)16)15(20)8-10-6-7-11(17)9-13(10)18/h6-7,9,12,14H,2-5,8H2,1H3. The van der Waals surface area contributed by atoms with Crippen LogP contribution in [-0.2, 0) is 11.2 Å². The first-order chi connectivity index (χ1) is 9.49. The van der Waals surface area contributed by atoms with E-state index < -0.39 is 11.6 Å². The molecule has 1 aromatic carbocycles. The smallest absolute Gasteiger partial charge is 0.227 e. The van der Waals surface area contributed by atoms with Crippen molar-refractivity contribution in [2.24, 2.45) is 0 Å². The summed E-state index contributed by atoms with van der Waals surface area (Å²) in [4.78, 5) is 13.8. The summed E-state index contributed by atoms with van der Waals surface area (Å²) in [6.45, 7) is 0. The van der Waals surface area contributed by atoms with Crippen LogP contribution in [0.5, 0.6) is 0 Å². The number of halogens is 3. The molecule has 20 heavy (non-hydrogen) atoms. The fraction of sp³-hybridized carbons (Fsp3) is 0.533. The molecule has 0 aromatic heterocycles. The van der Waals surface area contributed by atoms with Gasteiger partial charge in [-0.05, 0) is 24.5 Å². The highest BCUT2D eigenvalue weighted by Crippen LogP contribution is 2.27. The maximum Gasteiger partial charge on any atom is 0.227 e. The second-order valence-electron chi connectivity index (χ2n) is 5.28. The molecule has 0 N–H and O–H groups in total. The van der Waals surface area contributed by atoms with Crippen molar-refractivity contribution < 1.29 is 13.6 Å². The summed E-state index contributed by atoms with van der Waals surface area (Å²) < 4.78 is 26.4. The monoisotopic (exact) mass is 301 g/mol. The summed E-state index contributed by atoms with van der Waals surface area (Å²) in [5.74, 6) is -1.51. The Labute approximate surface area is 122 Å². The molecule has 0 aliphatic heterocycles. The Morgan fingerprint density at radius 1 is 1.35 bits per heavy atom. The first-order valence-corrected chi connectivity index (χ1v) is 7.26. The van der Waals surface area contributed by atoms with Crippen LogP contribution in [0.4, 0.5) is 8.78 Å². The molecule has 5 heteroatoms. The van der Waals surface area contributed by atoms with Gasteiger partial charge in [0.05, 0.1) is 11.8 Å². The molecule has 1 saturated carbocycles. The van der Waals surface area contributed by atoms with Crippen molar-refractivity contribution in [1.29, 1.82) is 0 Å². The zero-order valence-corrected chi connectivity index (χ0v) is 12.2. The number of hydrogen-bond donors (Lipinski definition) is 0. The third-order valence-corrected chi connectivity index (χ3v) is 4.40. The van der Waals surface area contributed by atoms with Crippen molar-refractivity contribution in [2.75, 3.05) is 7.05 Å². The molecule has 0 bridgehead atoms. The molecule has 110 valence electrons. The van der Waals surface area contributed by atoms with Gasteiger partial charge in [0.25, 0.3) is 0 Å². The van der Waals surface area contributed by atoms with Gasteiger partial charge in [0.1, 0.15) is 11.6 Å². The molecular formula is C15H18ClF2NO. The number of amides is 1. The molecular weight excluding hydrogens is 284 g/mol. The Balaban J connectivity index is 2.03. The Hall–Kier alpha value is -1.16. The van der Waals surface area contributed by atoms with Crippen LogP contribution >= 0.6 is 11.6 Å². The van der Waals surface area contributed by atoms with Crippen molar-refractivity contribution >= 4 is 17.5 Å². The fourth-order valence-corrected chi connectivity index (χ4v) is 3.09. The molecule has 2 nitrogen and oxygen atoms in total. The van der Waals surface area contributed by atoms with Crippen molar-refractivity contribution in [3.8, 4) is 0 Å². The van der Waals surface area contributed by atoms with Crippen molar-refractivity contribution in [1.82, 2.24) is 4.90 Å². The number of alkyl halides is 1. The quantitative estimate of drug-likeness (QED) is 0.782. The van der Waals surface area contributed by atoms with Gasteiger partial charge in [0.2, 0.25) is 5.91 Å². The molecule has 1 fully saturated rings. The van der Waals surface area contributed by atoms with E-state index in [9.17, 15) is 13.6 Å². The molecule has 1 amide bonds. The maximum atomic E-state index is 13.6. The molecule has 1 aliphatic rings. The summed E-state index contributed by atoms with van der Waals surface area (Å²) in [6.07, 6.45) is 3.84. The SMILES string of the molecule is CN(C(=O)Cc1ccc(F)cc1F)C1CCCCC1Cl. The minimum absolute atomic E-state index is 0.00132. The molecule has 2 rings (SSSR count). The van der Waals surface area contributed by atoms with E-state index in [1.807, 2.05) is 0 Å². The maximum absolute atomic E-state index is 13.6. The zero-order chi connectivity index (χ0) is 14.7. The molecule has 2 unspecified atom stereocenters. The van der Waals surface area contributed by atoms with Gasteiger partial charge < -0.3 is 4.90 Å². The second-order valence-corrected chi connectivity index (χ2v) is 5.85. The number of hydrogen-bond acceptors (Lipinski definition) is 1. The summed E-state index contributed by atoms with van der Waals surface area (Å²) in [6, 6.07) is 3.28. The zero-order valence-electron chi connectivity index (χ0n) is 11.4. The first-order valence-electron chi connectivity index (χ1n) is 6.82. The average molecular weight is 302 g/mol. The lowest BCUT2D eigenvalue weighted by Gasteiger charge is -2.35. The molecule has 0 spiro atoms. The van der Waals surface area contributed by atoms with E-state index in [-0.39, 0.29) is 29.3 Å². The number of carbonyl (C=O) groups is 1. The van der Waals surface area contributed by atoms with Crippen LogP contribution in [0.1, 0.15) is 31.2 Å². The Kier molecular flexibility index (Phi) is 4.97. The lowest BCUT2D eigenvalue weighted by atomic mass is 9.93. The summed E-state index contributed by atoms with van der Waals surface area (Å²) in [7, 11) is 1.70. The number of rotatable bonds is 3. The molecule has 0 heterocycles. The predicted molar refractivity (Wildman–Crippen MR) is 74.7 cm³/mol.